The van der Waals surface area contributed by atoms with Gasteiger partial charge in [-0.3, -0.25) is 11.3 Å². The number of fused-ring (bicyclic) bond motifs is 1. The normalized spacial score (nSPS) is 22.4. The predicted molar refractivity (Wildman–Crippen MR) is 59.1 cm³/mol. The molecule has 1 saturated carbocycles. The largest absolute Gasteiger partial charge is 0.271 e. The maximum absolute atomic E-state index is 5.62. The molecule has 3 heteroatoms. The van der Waals surface area contributed by atoms with E-state index in [1.807, 2.05) is 11.3 Å². The summed E-state index contributed by atoms with van der Waals surface area (Å²) in [5, 5.41) is 0. The van der Waals surface area contributed by atoms with E-state index in [1.54, 1.807) is 10.4 Å². The van der Waals surface area contributed by atoms with Crippen LogP contribution in [0.2, 0.25) is 0 Å². The van der Waals surface area contributed by atoms with E-state index in [1.165, 1.54) is 37.0 Å². The minimum absolute atomic E-state index is 0.436. The minimum Gasteiger partial charge on any atom is -0.271 e. The zero-order valence-electron chi connectivity index (χ0n) is 8.25. The van der Waals surface area contributed by atoms with Crippen LogP contribution in [-0.4, -0.2) is 0 Å². The fourth-order valence-corrected chi connectivity index (χ4v) is 3.80. The number of thiophene rings is 1. The van der Waals surface area contributed by atoms with Crippen molar-refractivity contribution in [3.63, 3.8) is 0 Å². The number of rotatable bonds is 3. The molecule has 1 aromatic rings. The van der Waals surface area contributed by atoms with E-state index in [4.69, 9.17) is 5.84 Å². The van der Waals surface area contributed by atoms with Gasteiger partial charge in [0.15, 0.2) is 0 Å². The topological polar surface area (TPSA) is 38.0 Å². The fourth-order valence-electron chi connectivity index (χ4n) is 2.39. The van der Waals surface area contributed by atoms with Crippen LogP contribution in [0.1, 0.15) is 40.6 Å². The zero-order valence-corrected chi connectivity index (χ0v) is 9.07. The van der Waals surface area contributed by atoms with E-state index in [2.05, 4.69) is 11.5 Å². The van der Waals surface area contributed by atoms with E-state index in [9.17, 15) is 0 Å². The van der Waals surface area contributed by atoms with Gasteiger partial charge in [0.2, 0.25) is 0 Å². The van der Waals surface area contributed by atoms with Crippen LogP contribution in [0.5, 0.6) is 0 Å². The van der Waals surface area contributed by atoms with Crippen molar-refractivity contribution in [2.75, 3.05) is 0 Å². The maximum Gasteiger partial charge on any atom is 0.0581 e. The quantitative estimate of drug-likeness (QED) is 0.590. The molecule has 0 spiro atoms. The SMILES string of the molecule is NNC(c1cc2c(s1)CCC2)C1CC1. The summed E-state index contributed by atoms with van der Waals surface area (Å²) in [6.45, 7) is 0. The first-order chi connectivity index (χ1) is 6.88. The van der Waals surface area contributed by atoms with Crippen LogP contribution >= 0.6 is 11.3 Å². The van der Waals surface area contributed by atoms with Crippen molar-refractivity contribution in [1.29, 1.82) is 0 Å². The molecule has 1 heterocycles. The molecule has 1 atom stereocenters. The molecule has 3 rings (SSSR count). The Morgan fingerprint density at radius 1 is 1.43 bits per heavy atom. The lowest BCUT2D eigenvalue weighted by molar-refractivity contribution is 0.504. The Morgan fingerprint density at radius 2 is 2.29 bits per heavy atom. The molecule has 0 radical (unpaired) electrons. The van der Waals surface area contributed by atoms with E-state index in [0.717, 1.165) is 5.92 Å². The van der Waals surface area contributed by atoms with Crippen molar-refractivity contribution in [1.82, 2.24) is 5.43 Å². The van der Waals surface area contributed by atoms with Crippen LogP contribution in [0.4, 0.5) is 0 Å². The Balaban J connectivity index is 1.87. The number of hydrogen-bond acceptors (Lipinski definition) is 3. The van der Waals surface area contributed by atoms with Crippen LogP contribution in [0.15, 0.2) is 6.07 Å². The molecule has 76 valence electrons. The minimum atomic E-state index is 0.436. The molecule has 1 unspecified atom stereocenters. The third-order valence-electron chi connectivity index (χ3n) is 3.35. The van der Waals surface area contributed by atoms with Gasteiger partial charge in [-0.25, -0.2) is 0 Å². The first kappa shape index (κ1) is 8.89. The van der Waals surface area contributed by atoms with Gasteiger partial charge < -0.3 is 0 Å². The first-order valence-electron chi connectivity index (χ1n) is 5.46. The summed E-state index contributed by atoms with van der Waals surface area (Å²) >= 11 is 1.98. The van der Waals surface area contributed by atoms with Crippen molar-refractivity contribution in [3.05, 3.63) is 21.4 Å². The zero-order chi connectivity index (χ0) is 9.54. The molecule has 14 heavy (non-hydrogen) atoms. The maximum atomic E-state index is 5.62. The summed E-state index contributed by atoms with van der Waals surface area (Å²) in [6, 6.07) is 2.82. The van der Waals surface area contributed by atoms with Gasteiger partial charge in [-0.1, -0.05) is 0 Å². The number of hydrogen-bond donors (Lipinski definition) is 2. The van der Waals surface area contributed by atoms with Crippen LogP contribution in [0, 0.1) is 5.92 Å². The summed E-state index contributed by atoms with van der Waals surface area (Å²) in [5.74, 6) is 6.43. The second kappa shape index (κ2) is 3.33. The Morgan fingerprint density at radius 3 is 2.93 bits per heavy atom. The molecule has 2 nitrogen and oxygen atoms in total. The van der Waals surface area contributed by atoms with Crippen molar-refractivity contribution in [2.24, 2.45) is 11.8 Å². The molecule has 0 aliphatic heterocycles. The van der Waals surface area contributed by atoms with Gasteiger partial charge in [-0.15, -0.1) is 11.3 Å². The highest BCUT2D eigenvalue weighted by Gasteiger charge is 2.33. The highest BCUT2D eigenvalue weighted by molar-refractivity contribution is 7.12. The Bertz CT molecular complexity index is 320. The fraction of sp³-hybridized carbons (Fsp3) is 0.636. The summed E-state index contributed by atoms with van der Waals surface area (Å²) in [5.41, 5.74) is 4.57. The highest BCUT2D eigenvalue weighted by atomic mass is 32.1. The summed E-state index contributed by atoms with van der Waals surface area (Å²) < 4.78 is 0. The third kappa shape index (κ3) is 1.40. The molecule has 3 N–H and O–H groups in total. The lowest BCUT2D eigenvalue weighted by Crippen LogP contribution is -2.28. The molecular formula is C11H16N2S. The standard InChI is InChI=1S/C11H16N2S/c12-13-11(7-4-5-7)10-6-8-2-1-3-9(8)14-10/h6-7,11,13H,1-5,12H2. The van der Waals surface area contributed by atoms with Crippen molar-refractivity contribution >= 4 is 11.3 Å². The van der Waals surface area contributed by atoms with Gasteiger partial charge in [0, 0.05) is 9.75 Å². The number of hydrazine groups is 1. The molecule has 0 amide bonds. The molecule has 2 aliphatic rings. The molecule has 1 fully saturated rings. The van der Waals surface area contributed by atoms with Gasteiger partial charge in [-0.05, 0) is 49.7 Å². The molecule has 0 saturated heterocycles. The van der Waals surface area contributed by atoms with E-state index in [-0.39, 0.29) is 0 Å². The highest BCUT2D eigenvalue weighted by Crippen LogP contribution is 2.44. The Labute approximate surface area is 88.5 Å². The van der Waals surface area contributed by atoms with Crippen LogP contribution in [0.3, 0.4) is 0 Å². The van der Waals surface area contributed by atoms with Crippen LogP contribution in [-0.2, 0) is 12.8 Å². The van der Waals surface area contributed by atoms with Crippen molar-refractivity contribution in [2.45, 2.75) is 38.1 Å². The Kier molecular flexibility index (Phi) is 2.11. The average molecular weight is 208 g/mol. The molecular weight excluding hydrogens is 192 g/mol. The van der Waals surface area contributed by atoms with Gasteiger partial charge in [0.25, 0.3) is 0 Å². The predicted octanol–water partition coefficient (Wildman–Crippen LogP) is 2.15. The number of nitrogens with one attached hydrogen (secondary N) is 1. The summed E-state index contributed by atoms with van der Waals surface area (Å²) in [7, 11) is 0. The summed E-state index contributed by atoms with van der Waals surface area (Å²) in [6.07, 6.45) is 6.62. The molecule has 2 aliphatic carbocycles. The molecule has 1 aromatic heterocycles. The van der Waals surface area contributed by atoms with Crippen molar-refractivity contribution in [3.8, 4) is 0 Å². The summed E-state index contributed by atoms with van der Waals surface area (Å²) in [4.78, 5) is 3.08. The lowest BCUT2D eigenvalue weighted by atomic mass is 10.1. The Hall–Kier alpha value is -0.380. The first-order valence-corrected chi connectivity index (χ1v) is 6.28. The van der Waals surface area contributed by atoms with Gasteiger partial charge in [0.05, 0.1) is 6.04 Å². The van der Waals surface area contributed by atoms with E-state index in [0.29, 0.717) is 6.04 Å². The monoisotopic (exact) mass is 208 g/mol. The number of aryl methyl sites for hydroxylation is 2. The average Bonchev–Trinajstić information content (AvgIpc) is 2.75. The smallest absolute Gasteiger partial charge is 0.0581 e. The lowest BCUT2D eigenvalue weighted by Gasteiger charge is -2.12. The molecule has 0 bridgehead atoms. The second-order valence-corrected chi connectivity index (χ2v) is 5.60. The van der Waals surface area contributed by atoms with Crippen molar-refractivity contribution < 1.29 is 0 Å². The van der Waals surface area contributed by atoms with E-state index < -0.39 is 0 Å². The number of nitrogens with two attached hydrogens (primary N) is 1. The van der Waals surface area contributed by atoms with Crippen LogP contribution < -0.4 is 11.3 Å². The van der Waals surface area contributed by atoms with E-state index >= 15 is 0 Å². The van der Waals surface area contributed by atoms with Gasteiger partial charge in [0.1, 0.15) is 0 Å². The second-order valence-electron chi connectivity index (χ2n) is 4.43. The third-order valence-corrected chi connectivity index (χ3v) is 4.67. The van der Waals surface area contributed by atoms with Crippen LogP contribution in [0.25, 0.3) is 0 Å². The molecule has 0 aromatic carbocycles. The van der Waals surface area contributed by atoms with Gasteiger partial charge >= 0.3 is 0 Å². The van der Waals surface area contributed by atoms with Gasteiger partial charge in [-0.2, -0.15) is 0 Å².